The van der Waals surface area contributed by atoms with Gasteiger partial charge in [0, 0.05) is 11.6 Å². The largest absolute Gasteiger partial charge is 0.269 e. The van der Waals surface area contributed by atoms with Gasteiger partial charge < -0.3 is 0 Å². The molecule has 0 aliphatic rings. The topological polar surface area (TPSA) is 12.9 Å². The van der Waals surface area contributed by atoms with E-state index in [-0.39, 0.29) is 5.57 Å². The number of benzene rings is 1. The second kappa shape index (κ2) is 11.1. The number of allylic oxidation sites excluding steroid dienone is 2. The van der Waals surface area contributed by atoms with Crippen LogP contribution in [0.2, 0.25) is 0 Å². The minimum atomic E-state index is -1.55. The molecule has 21 heavy (non-hydrogen) atoms. The normalized spacial score (nSPS) is 9.05. The predicted octanol–water partition coefficient (Wildman–Crippen LogP) is 6.84. The Morgan fingerprint density at radius 2 is 1.76 bits per heavy atom. The number of hydrogen-bond acceptors (Lipinski definition) is 2. The van der Waals surface area contributed by atoms with Gasteiger partial charge >= 0.3 is 0 Å². The molecule has 1 nitrogen and oxygen atoms in total. The Kier molecular flexibility index (Phi) is 10.3. The molecule has 1 heterocycles. The highest BCUT2D eigenvalue weighted by Gasteiger charge is 1.98. The lowest BCUT2D eigenvalue weighted by atomic mass is 10.1. The van der Waals surface area contributed by atoms with Gasteiger partial charge in [-0.1, -0.05) is 37.6 Å². The van der Waals surface area contributed by atoms with Crippen molar-refractivity contribution in [3.63, 3.8) is 0 Å². The standard InChI is InChI=1S/C8H12F2.C7H5NS.C2H6/c1-6(2)4-5-7(3)8(9)10;1-2-4-7-6(3-1)5-8-9-7;1-2/h1,4-5H2,2-3H3;1-5H;1-2H3. The zero-order valence-corrected chi connectivity index (χ0v) is 13.9. The van der Waals surface area contributed by atoms with Crippen molar-refractivity contribution in [1.82, 2.24) is 4.37 Å². The summed E-state index contributed by atoms with van der Waals surface area (Å²) in [5, 5.41) is 1.24. The third-order valence-electron chi connectivity index (χ3n) is 2.51. The summed E-state index contributed by atoms with van der Waals surface area (Å²) in [6.07, 6.45) is 1.42. The summed E-state index contributed by atoms with van der Waals surface area (Å²) in [6, 6.07) is 8.20. The number of hydrogen-bond donors (Lipinski definition) is 0. The lowest BCUT2D eigenvalue weighted by Gasteiger charge is -1.97. The minimum absolute atomic E-state index is 0.169. The van der Waals surface area contributed by atoms with Gasteiger partial charge in [0.15, 0.2) is 0 Å². The maximum absolute atomic E-state index is 11.7. The molecule has 0 radical (unpaired) electrons. The third-order valence-corrected chi connectivity index (χ3v) is 3.29. The quantitative estimate of drug-likeness (QED) is 0.566. The molecule has 0 bridgehead atoms. The van der Waals surface area contributed by atoms with Gasteiger partial charge in [0.1, 0.15) is 0 Å². The molecular weight excluding hydrogens is 288 g/mol. The Labute approximate surface area is 130 Å². The molecular formula is C17H23F2NS. The minimum Gasteiger partial charge on any atom is -0.200 e. The molecule has 0 aliphatic heterocycles. The van der Waals surface area contributed by atoms with Crippen LogP contribution in [-0.2, 0) is 0 Å². The molecule has 1 aromatic carbocycles. The molecule has 2 aromatic rings. The van der Waals surface area contributed by atoms with E-state index in [9.17, 15) is 8.78 Å². The van der Waals surface area contributed by atoms with E-state index in [0.717, 1.165) is 5.57 Å². The number of fused-ring (bicyclic) bond motifs is 1. The van der Waals surface area contributed by atoms with Crippen molar-refractivity contribution in [1.29, 1.82) is 0 Å². The Morgan fingerprint density at radius 3 is 2.29 bits per heavy atom. The van der Waals surface area contributed by atoms with Gasteiger partial charge in [0.2, 0.25) is 0 Å². The summed E-state index contributed by atoms with van der Waals surface area (Å²) in [5.41, 5.74) is 1.11. The van der Waals surface area contributed by atoms with E-state index >= 15 is 0 Å². The van der Waals surface area contributed by atoms with Gasteiger partial charge in [-0.2, -0.15) is 13.2 Å². The van der Waals surface area contributed by atoms with Gasteiger partial charge in [-0.15, -0.1) is 6.58 Å². The van der Waals surface area contributed by atoms with Gasteiger partial charge in [0.25, 0.3) is 6.08 Å². The van der Waals surface area contributed by atoms with Crippen LogP contribution in [0.3, 0.4) is 0 Å². The summed E-state index contributed by atoms with van der Waals surface area (Å²) >= 11 is 1.54. The van der Waals surface area contributed by atoms with Crippen LogP contribution >= 0.6 is 11.5 Å². The fraction of sp³-hybridized carbons (Fsp3) is 0.353. The van der Waals surface area contributed by atoms with Crippen LogP contribution in [0, 0.1) is 0 Å². The van der Waals surface area contributed by atoms with Crippen molar-refractivity contribution < 1.29 is 8.78 Å². The van der Waals surface area contributed by atoms with Crippen molar-refractivity contribution in [2.45, 2.75) is 40.5 Å². The van der Waals surface area contributed by atoms with Crippen LogP contribution in [0.25, 0.3) is 10.1 Å². The number of nitrogens with zero attached hydrogens (tertiary/aromatic N) is 1. The van der Waals surface area contributed by atoms with Crippen LogP contribution in [0.15, 0.2) is 54.3 Å². The Morgan fingerprint density at radius 1 is 1.14 bits per heavy atom. The van der Waals surface area contributed by atoms with Crippen LogP contribution in [0.1, 0.15) is 40.5 Å². The zero-order chi connectivity index (χ0) is 16.3. The first kappa shape index (κ1) is 19.4. The Balaban J connectivity index is 0.000000341. The molecule has 4 heteroatoms. The molecule has 0 fully saturated rings. The van der Waals surface area contributed by atoms with Crippen molar-refractivity contribution in [2.75, 3.05) is 0 Å². The lowest BCUT2D eigenvalue weighted by molar-refractivity contribution is 0.408. The Hall–Kier alpha value is -1.55. The molecule has 0 aliphatic carbocycles. The van der Waals surface area contributed by atoms with Crippen molar-refractivity contribution in [2.24, 2.45) is 0 Å². The SMILES string of the molecule is C=C(C)CCC(C)=C(F)F.CC.c1ccc2sncc2c1. The molecule has 116 valence electrons. The molecule has 0 N–H and O–H groups in total. The summed E-state index contributed by atoms with van der Waals surface area (Å²) < 4.78 is 28.8. The Bertz CT molecular complexity index is 539. The van der Waals surface area contributed by atoms with Crippen molar-refractivity contribution in [3.05, 3.63) is 54.3 Å². The fourth-order valence-electron chi connectivity index (χ4n) is 1.31. The van der Waals surface area contributed by atoms with Crippen LogP contribution < -0.4 is 0 Å². The highest BCUT2D eigenvalue weighted by Crippen LogP contribution is 2.16. The van der Waals surface area contributed by atoms with Crippen LogP contribution in [-0.4, -0.2) is 4.37 Å². The van der Waals surface area contributed by atoms with Crippen molar-refractivity contribution >= 4 is 21.6 Å². The van der Waals surface area contributed by atoms with Gasteiger partial charge in [-0.05, 0) is 49.9 Å². The number of rotatable bonds is 3. The summed E-state index contributed by atoms with van der Waals surface area (Å²) in [5.74, 6) is 0. The predicted molar refractivity (Wildman–Crippen MR) is 89.9 cm³/mol. The maximum Gasteiger partial charge on any atom is 0.269 e. The van der Waals surface area contributed by atoms with E-state index < -0.39 is 6.08 Å². The van der Waals surface area contributed by atoms with Gasteiger partial charge in [-0.25, -0.2) is 0 Å². The third kappa shape index (κ3) is 8.35. The molecule has 0 amide bonds. The lowest BCUT2D eigenvalue weighted by Crippen LogP contribution is -1.80. The van der Waals surface area contributed by atoms with Gasteiger partial charge in [0.05, 0.1) is 4.70 Å². The maximum atomic E-state index is 11.7. The van der Waals surface area contributed by atoms with E-state index in [1.54, 1.807) is 0 Å². The van der Waals surface area contributed by atoms with E-state index in [0.29, 0.717) is 12.8 Å². The molecule has 2 rings (SSSR count). The average Bonchev–Trinajstić information content (AvgIpc) is 2.95. The molecule has 0 spiro atoms. The van der Waals surface area contributed by atoms with E-state index in [1.165, 1.54) is 28.5 Å². The highest BCUT2D eigenvalue weighted by molar-refractivity contribution is 7.13. The molecule has 0 saturated heterocycles. The average molecular weight is 311 g/mol. The number of halogens is 2. The smallest absolute Gasteiger partial charge is 0.200 e. The summed E-state index contributed by atoms with van der Waals surface area (Å²) in [6.45, 7) is 10.9. The molecule has 0 unspecified atom stereocenters. The monoisotopic (exact) mass is 311 g/mol. The summed E-state index contributed by atoms with van der Waals surface area (Å²) in [4.78, 5) is 0. The first-order chi connectivity index (χ1) is 10.0. The zero-order valence-electron chi connectivity index (χ0n) is 13.1. The van der Waals surface area contributed by atoms with Crippen molar-refractivity contribution in [3.8, 4) is 0 Å². The van der Waals surface area contributed by atoms with E-state index in [1.807, 2.05) is 39.1 Å². The van der Waals surface area contributed by atoms with E-state index in [4.69, 9.17) is 0 Å². The van der Waals surface area contributed by atoms with Crippen LogP contribution in [0.4, 0.5) is 8.78 Å². The second-order valence-electron chi connectivity index (χ2n) is 4.36. The summed E-state index contributed by atoms with van der Waals surface area (Å²) in [7, 11) is 0. The number of aromatic nitrogens is 1. The fourth-order valence-corrected chi connectivity index (χ4v) is 1.95. The van der Waals surface area contributed by atoms with E-state index in [2.05, 4.69) is 23.1 Å². The first-order valence-corrected chi connectivity index (χ1v) is 7.72. The molecule has 0 atom stereocenters. The molecule has 0 saturated carbocycles. The second-order valence-corrected chi connectivity index (χ2v) is 5.19. The molecule has 1 aromatic heterocycles. The van der Waals surface area contributed by atoms with Crippen LogP contribution in [0.5, 0.6) is 0 Å². The van der Waals surface area contributed by atoms with Gasteiger partial charge in [-0.3, -0.25) is 0 Å². The first-order valence-electron chi connectivity index (χ1n) is 6.95. The highest BCUT2D eigenvalue weighted by atomic mass is 32.1.